The summed E-state index contributed by atoms with van der Waals surface area (Å²) in [7, 11) is 0. The third kappa shape index (κ3) is 3.38. The van der Waals surface area contributed by atoms with Gasteiger partial charge in [0.1, 0.15) is 0 Å². The summed E-state index contributed by atoms with van der Waals surface area (Å²) in [5, 5.41) is 2.13. The van der Waals surface area contributed by atoms with E-state index in [0.717, 1.165) is 23.6 Å². The van der Waals surface area contributed by atoms with Gasteiger partial charge in [-0.2, -0.15) is 0 Å². The van der Waals surface area contributed by atoms with Gasteiger partial charge in [0.05, 0.1) is 0 Å². The lowest BCUT2D eigenvalue weighted by Crippen LogP contribution is -2.21. The first-order valence-electron chi connectivity index (χ1n) is 5.13. The zero-order valence-electron chi connectivity index (χ0n) is 9.02. The highest BCUT2D eigenvalue weighted by molar-refractivity contribution is 9.11. The number of halogens is 1. The van der Waals surface area contributed by atoms with Crippen molar-refractivity contribution in [1.82, 2.24) is 9.88 Å². The van der Waals surface area contributed by atoms with Crippen LogP contribution in [0.3, 0.4) is 0 Å². The number of thiazole rings is 1. The number of hydrogen-bond acceptors (Lipinski definition) is 4. The lowest BCUT2D eigenvalue weighted by molar-refractivity contribution is 0.276. The Labute approximate surface area is 112 Å². The fraction of sp³-hybridized carbons (Fsp3) is 0.364. The molecule has 2 rings (SSSR count). The molecule has 0 radical (unpaired) electrons. The van der Waals surface area contributed by atoms with Gasteiger partial charge in [0.2, 0.25) is 0 Å². The summed E-state index contributed by atoms with van der Waals surface area (Å²) >= 11 is 6.93. The molecule has 0 aromatic carbocycles. The molecule has 5 heteroatoms. The minimum Gasteiger partial charge on any atom is -0.293 e. The average Bonchev–Trinajstić information content (AvgIpc) is 2.89. The molecule has 0 aliphatic rings. The second kappa shape index (κ2) is 5.91. The van der Waals surface area contributed by atoms with Gasteiger partial charge in [0, 0.05) is 29.0 Å². The minimum atomic E-state index is 0.967. The van der Waals surface area contributed by atoms with Gasteiger partial charge >= 0.3 is 0 Å². The lowest BCUT2D eigenvalue weighted by atomic mass is 10.4. The van der Waals surface area contributed by atoms with E-state index >= 15 is 0 Å². The Bertz CT molecular complexity index is 425. The van der Waals surface area contributed by atoms with Crippen LogP contribution in [0.4, 0.5) is 0 Å². The number of aromatic nitrogens is 1. The van der Waals surface area contributed by atoms with E-state index < -0.39 is 0 Å². The van der Waals surface area contributed by atoms with Crippen molar-refractivity contribution in [2.75, 3.05) is 6.54 Å². The van der Waals surface area contributed by atoms with E-state index in [1.54, 1.807) is 11.3 Å². The Morgan fingerprint density at radius 1 is 1.38 bits per heavy atom. The van der Waals surface area contributed by atoms with Gasteiger partial charge in [-0.25, -0.2) is 4.98 Å². The predicted octanol–water partition coefficient (Wildman–Crippen LogP) is 3.99. The van der Waals surface area contributed by atoms with E-state index in [0.29, 0.717) is 0 Å². The van der Waals surface area contributed by atoms with E-state index in [-0.39, 0.29) is 0 Å². The van der Waals surface area contributed by atoms with E-state index in [9.17, 15) is 0 Å². The molecule has 0 atom stereocenters. The molecule has 0 aliphatic carbocycles. The zero-order chi connectivity index (χ0) is 11.4. The highest BCUT2D eigenvalue weighted by Gasteiger charge is 2.07. The molecular weight excluding hydrogens is 304 g/mol. The van der Waals surface area contributed by atoms with E-state index in [1.165, 1.54) is 9.75 Å². The van der Waals surface area contributed by atoms with Crippen LogP contribution in [0.1, 0.15) is 16.7 Å². The fourth-order valence-electron chi connectivity index (χ4n) is 1.48. The Morgan fingerprint density at radius 3 is 2.75 bits per heavy atom. The van der Waals surface area contributed by atoms with Gasteiger partial charge in [-0.3, -0.25) is 4.90 Å². The molecule has 0 spiro atoms. The first kappa shape index (κ1) is 12.2. The van der Waals surface area contributed by atoms with Crippen molar-refractivity contribution in [3.05, 3.63) is 37.4 Å². The molecule has 0 bridgehead atoms. The quantitative estimate of drug-likeness (QED) is 0.829. The molecule has 2 aromatic rings. The van der Waals surface area contributed by atoms with Gasteiger partial charge in [-0.05, 0) is 33.9 Å². The highest BCUT2D eigenvalue weighted by atomic mass is 79.9. The van der Waals surface area contributed by atoms with E-state index in [4.69, 9.17) is 0 Å². The van der Waals surface area contributed by atoms with Crippen molar-refractivity contribution >= 4 is 38.6 Å². The molecule has 0 saturated carbocycles. The summed E-state index contributed by atoms with van der Waals surface area (Å²) < 4.78 is 0.967. The molecule has 16 heavy (non-hydrogen) atoms. The Morgan fingerprint density at radius 2 is 2.19 bits per heavy atom. The first-order chi connectivity index (χ1) is 7.78. The predicted molar refractivity (Wildman–Crippen MR) is 73.9 cm³/mol. The van der Waals surface area contributed by atoms with Crippen molar-refractivity contribution in [1.29, 1.82) is 0 Å². The van der Waals surface area contributed by atoms with Crippen LogP contribution in [0, 0.1) is 0 Å². The summed E-state index contributed by atoms with van der Waals surface area (Å²) in [5.74, 6) is 0. The van der Waals surface area contributed by atoms with Gasteiger partial charge in [-0.15, -0.1) is 22.7 Å². The van der Waals surface area contributed by atoms with Crippen molar-refractivity contribution in [2.45, 2.75) is 20.0 Å². The Balaban J connectivity index is 1.95. The Kier molecular flexibility index (Phi) is 4.52. The average molecular weight is 317 g/mol. The second-order valence-electron chi connectivity index (χ2n) is 3.46. The van der Waals surface area contributed by atoms with Crippen molar-refractivity contribution < 1.29 is 0 Å². The van der Waals surface area contributed by atoms with Crippen LogP contribution >= 0.6 is 38.6 Å². The van der Waals surface area contributed by atoms with E-state index in [2.05, 4.69) is 50.3 Å². The standard InChI is InChI=1S/C11H13BrN2S2/c1-2-14(7-9-4-3-5-15-9)8-10-6-13-11(12)16-10/h3-6H,2,7-8H2,1H3. The third-order valence-corrected chi connectivity index (χ3v) is 4.63. The molecule has 0 fully saturated rings. The summed E-state index contributed by atoms with van der Waals surface area (Å²) in [6, 6.07) is 4.30. The maximum atomic E-state index is 4.21. The van der Waals surface area contributed by atoms with Gasteiger partial charge in [0.15, 0.2) is 3.92 Å². The summed E-state index contributed by atoms with van der Waals surface area (Å²) in [4.78, 5) is 9.37. The SMILES string of the molecule is CCN(Cc1cccs1)Cc1cnc(Br)s1. The molecule has 2 heterocycles. The molecule has 0 saturated heterocycles. The maximum Gasteiger partial charge on any atom is 0.159 e. The summed E-state index contributed by atoms with van der Waals surface area (Å²) in [6.45, 7) is 5.28. The maximum absolute atomic E-state index is 4.21. The normalized spacial score (nSPS) is 11.2. The van der Waals surface area contributed by atoms with Crippen molar-refractivity contribution in [2.24, 2.45) is 0 Å². The van der Waals surface area contributed by atoms with E-state index in [1.807, 2.05) is 17.5 Å². The van der Waals surface area contributed by atoms with Crippen LogP contribution in [0.2, 0.25) is 0 Å². The zero-order valence-corrected chi connectivity index (χ0v) is 12.2. The van der Waals surface area contributed by atoms with Crippen LogP contribution in [0.5, 0.6) is 0 Å². The topological polar surface area (TPSA) is 16.1 Å². The smallest absolute Gasteiger partial charge is 0.159 e. The highest BCUT2D eigenvalue weighted by Crippen LogP contribution is 2.21. The van der Waals surface area contributed by atoms with Gasteiger partial charge < -0.3 is 0 Å². The minimum absolute atomic E-state index is 0.967. The van der Waals surface area contributed by atoms with Crippen molar-refractivity contribution in [3.8, 4) is 0 Å². The number of hydrogen-bond donors (Lipinski definition) is 0. The summed E-state index contributed by atoms with van der Waals surface area (Å²) in [5.41, 5.74) is 0. The molecule has 2 nitrogen and oxygen atoms in total. The number of nitrogens with zero attached hydrogens (tertiary/aromatic N) is 2. The van der Waals surface area contributed by atoms with Crippen LogP contribution in [0.25, 0.3) is 0 Å². The monoisotopic (exact) mass is 316 g/mol. The fourth-order valence-corrected chi connectivity index (χ4v) is 3.63. The molecule has 2 aromatic heterocycles. The van der Waals surface area contributed by atoms with Crippen LogP contribution < -0.4 is 0 Å². The largest absolute Gasteiger partial charge is 0.293 e. The Hall–Kier alpha value is -0.230. The van der Waals surface area contributed by atoms with Crippen LogP contribution in [-0.2, 0) is 13.1 Å². The number of rotatable bonds is 5. The molecule has 0 N–H and O–H groups in total. The van der Waals surface area contributed by atoms with Gasteiger partial charge in [-0.1, -0.05) is 13.0 Å². The molecule has 0 aliphatic heterocycles. The van der Waals surface area contributed by atoms with Crippen LogP contribution in [0.15, 0.2) is 27.6 Å². The molecule has 0 amide bonds. The second-order valence-corrected chi connectivity index (χ2v) is 6.89. The molecule has 86 valence electrons. The first-order valence-corrected chi connectivity index (χ1v) is 7.61. The van der Waals surface area contributed by atoms with Crippen LogP contribution in [-0.4, -0.2) is 16.4 Å². The molecular formula is C11H13BrN2S2. The number of thiophene rings is 1. The molecule has 0 unspecified atom stereocenters. The van der Waals surface area contributed by atoms with Crippen molar-refractivity contribution in [3.63, 3.8) is 0 Å². The lowest BCUT2D eigenvalue weighted by Gasteiger charge is -2.18. The summed E-state index contributed by atoms with van der Waals surface area (Å²) in [6.07, 6.45) is 1.95. The van der Waals surface area contributed by atoms with Gasteiger partial charge in [0.25, 0.3) is 0 Å². The third-order valence-electron chi connectivity index (χ3n) is 2.31.